The van der Waals surface area contributed by atoms with E-state index in [9.17, 15) is 4.57 Å². The van der Waals surface area contributed by atoms with Crippen molar-refractivity contribution in [2.75, 3.05) is 11.6 Å². The van der Waals surface area contributed by atoms with Crippen molar-refractivity contribution in [3.63, 3.8) is 0 Å². The molecule has 26 heavy (non-hydrogen) atoms. The van der Waals surface area contributed by atoms with Gasteiger partial charge in [0.2, 0.25) is 0 Å². The van der Waals surface area contributed by atoms with E-state index in [1.807, 2.05) is 42.5 Å². The van der Waals surface area contributed by atoms with E-state index in [-0.39, 0.29) is 0 Å². The maximum absolute atomic E-state index is 11.1. The predicted molar refractivity (Wildman–Crippen MR) is 105 cm³/mol. The average Bonchev–Trinajstić information content (AvgIpc) is 2.65. The zero-order chi connectivity index (χ0) is 18.1. The number of anilines is 1. The SMILES string of the molecule is O=P(O)(O)CNc1ccc2cccc(-c3cccc4ccccc34)c2n1. The van der Waals surface area contributed by atoms with Crippen molar-refractivity contribution in [2.45, 2.75) is 0 Å². The van der Waals surface area contributed by atoms with Gasteiger partial charge in [-0.25, -0.2) is 4.98 Å². The molecule has 0 radical (unpaired) electrons. The van der Waals surface area contributed by atoms with Crippen LogP contribution in [0.5, 0.6) is 0 Å². The summed E-state index contributed by atoms with van der Waals surface area (Å²) >= 11 is 0. The second-order valence-electron chi connectivity index (χ2n) is 6.10. The maximum atomic E-state index is 11.1. The molecule has 0 fully saturated rings. The highest BCUT2D eigenvalue weighted by molar-refractivity contribution is 7.51. The molecule has 4 rings (SSSR count). The first-order valence-electron chi connectivity index (χ1n) is 8.18. The van der Waals surface area contributed by atoms with Crippen molar-refractivity contribution in [2.24, 2.45) is 0 Å². The van der Waals surface area contributed by atoms with E-state index in [1.165, 1.54) is 0 Å². The smallest absolute Gasteiger partial charge is 0.344 e. The summed E-state index contributed by atoms with van der Waals surface area (Å²) in [5, 5.41) is 5.98. The van der Waals surface area contributed by atoms with Gasteiger partial charge in [0.15, 0.2) is 0 Å². The molecule has 0 atom stereocenters. The molecule has 130 valence electrons. The third-order valence-electron chi connectivity index (χ3n) is 4.27. The highest BCUT2D eigenvalue weighted by Crippen LogP contribution is 2.35. The molecule has 0 aliphatic heterocycles. The molecule has 1 heterocycles. The van der Waals surface area contributed by atoms with Crippen LogP contribution in [0.3, 0.4) is 0 Å². The Bertz CT molecular complexity index is 1150. The molecule has 0 aliphatic rings. The summed E-state index contributed by atoms with van der Waals surface area (Å²) in [4.78, 5) is 22.7. The van der Waals surface area contributed by atoms with Crippen LogP contribution in [-0.2, 0) is 4.57 Å². The fraction of sp³-hybridized carbons (Fsp3) is 0.0500. The number of pyridine rings is 1. The molecule has 0 aliphatic carbocycles. The minimum Gasteiger partial charge on any atom is -0.359 e. The molecular weight excluding hydrogens is 347 g/mol. The van der Waals surface area contributed by atoms with Gasteiger partial charge in [-0.3, -0.25) is 4.57 Å². The fourth-order valence-electron chi connectivity index (χ4n) is 3.11. The number of nitrogens with zero attached hydrogens (tertiary/aromatic N) is 1. The quantitative estimate of drug-likeness (QED) is 0.461. The van der Waals surface area contributed by atoms with Crippen molar-refractivity contribution >= 4 is 35.1 Å². The molecule has 0 unspecified atom stereocenters. The molecule has 0 spiro atoms. The standard InChI is InChI=1S/C20H17N2O3P/c23-26(24,25)13-21-19-12-11-15-7-4-10-18(20(15)22-19)17-9-3-6-14-5-1-2-8-16(14)17/h1-12H,13H2,(H,21,22)(H2,23,24,25). The lowest BCUT2D eigenvalue weighted by Crippen LogP contribution is -2.03. The van der Waals surface area contributed by atoms with E-state index < -0.39 is 13.9 Å². The van der Waals surface area contributed by atoms with E-state index in [4.69, 9.17) is 9.79 Å². The van der Waals surface area contributed by atoms with Crippen LogP contribution in [0.4, 0.5) is 5.82 Å². The number of aromatic nitrogens is 1. The minimum atomic E-state index is -4.15. The molecular formula is C20H17N2O3P. The van der Waals surface area contributed by atoms with E-state index >= 15 is 0 Å². The molecule has 0 bridgehead atoms. The summed E-state index contributed by atoms with van der Waals surface area (Å²) in [6.07, 6.45) is -0.443. The summed E-state index contributed by atoms with van der Waals surface area (Å²) in [5.74, 6) is 0.438. The highest BCUT2D eigenvalue weighted by Gasteiger charge is 2.13. The Morgan fingerprint density at radius 2 is 1.50 bits per heavy atom. The van der Waals surface area contributed by atoms with Gasteiger partial charge in [0.1, 0.15) is 12.1 Å². The molecule has 3 N–H and O–H groups in total. The first kappa shape index (κ1) is 16.7. The van der Waals surface area contributed by atoms with Gasteiger partial charge in [0, 0.05) is 10.9 Å². The van der Waals surface area contributed by atoms with Crippen molar-refractivity contribution in [3.05, 3.63) is 72.8 Å². The van der Waals surface area contributed by atoms with Crippen LogP contribution in [0.2, 0.25) is 0 Å². The van der Waals surface area contributed by atoms with Crippen LogP contribution in [0, 0.1) is 0 Å². The third kappa shape index (κ3) is 3.33. The van der Waals surface area contributed by atoms with Crippen molar-refractivity contribution in [1.29, 1.82) is 0 Å². The van der Waals surface area contributed by atoms with Crippen LogP contribution in [0.15, 0.2) is 72.8 Å². The van der Waals surface area contributed by atoms with Crippen molar-refractivity contribution < 1.29 is 14.4 Å². The Kier molecular flexibility index (Phi) is 4.21. The summed E-state index contributed by atoms with van der Waals surface area (Å²) in [6, 6.07) is 23.9. The summed E-state index contributed by atoms with van der Waals surface area (Å²) in [7, 11) is -4.15. The van der Waals surface area contributed by atoms with Gasteiger partial charge >= 0.3 is 7.60 Å². The topological polar surface area (TPSA) is 82.5 Å². The summed E-state index contributed by atoms with van der Waals surface area (Å²) in [5.41, 5.74) is 2.85. The average molecular weight is 364 g/mol. The Labute approximate surface area is 150 Å². The zero-order valence-electron chi connectivity index (χ0n) is 13.8. The Morgan fingerprint density at radius 1 is 0.808 bits per heavy atom. The molecule has 4 aromatic rings. The minimum absolute atomic E-state index is 0.438. The van der Waals surface area contributed by atoms with Gasteiger partial charge in [-0.05, 0) is 28.5 Å². The predicted octanol–water partition coefficient (Wildman–Crippen LogP) is 4.60. The third-order valence-corrected chi connectivity index (χ3v) is 4.84. The molecule has 6 heteroatoms. The largest absolute Gasteiger partial charge is 0.359 e. The molecule has 0 amide bonds. The number of fused-ring (bicyclic) bond motifs is 2. The van der Waals surface area contributed by atoms with Crippen LogP contribution in [-0.4, -0.2) is 21.1 Å². The lowest BCUT2D eigenvalue weighted by molar-refractivity contribution is 0.375. The number of rotatable bonds is 4. The van der Waals surface area contributed by atoms with Crippen LogP contribution in [0.25, 0.3) is 32.8 Å². The number of para-hydroxylation sites is 1. The Hall–Kier alpha value is -2.72. The zero-order valence-corrected chi connectivity index (χ0v) is 14.7. The summed E-state index contributed by atoms with van der Waals surface area (Å²) in [6.45, 7) is 0. The molecule has 1 aromatic heterocycles. The van der Waals surface area contributed by atoms with Gasteiger partial charge in [0.25, 0.3) is 0 Å². The number of hydrogen-bond acceptors (Lipinski definition) is 3. The normalized spacial score (nSPS) is 11.8. The van der Waals surface area contributed by atoms with Gasteiger partial charge in [-0.1, -0.05) is 60.7 Å². The molecule has 0 saturated heterocycles. The number of hydrogen-bond donors (Lipinski definition) is 3. The first-order valence-corrected chi connectivity index (χ1v) is 9.97. The molecule has 3 aromatic carbocycles. The molecule has 0 saturated carbocycles. The van der Waals surface area contributed by atoms with Crippen LogP contribution < -0.4 is 5.32 Å². The van der Waals surface area contributed by atoms with E-state index in [1.54, 1.807) is 6.07 Å². The van der Waals surface area contributed by atoms with E-state index in [2.05, 4.69) is 34.6 Å². The fourth-order valence-corrected chi connectivity index (χ4v) is 3.48. The lowest BCUT2D eigenvalue weighted by atomic mass is 9.96. The number of benzene rings is 3. The van der Waals surface area contributed by atoms with Gasteiger partial charge < -0.3 is 15.1 Å². The lowest BCUT2D eigenvalue weighted by Gasteiger charge is -2.12. The molecule has 5 nitrogen and oxygen atoms in total. The highest BCUT2D eigenvalue weighted by atomic mass is 31.2. The first-order chi connectivity index (χ1) is 12.5. The van der Waals surface area contributed by atoms with Gasteiger partial charge in [0.05, 0.1) is 5.52 Å². The Morgan fingerprint density at radius 3 is 2.31 bits per heavy atom. The van der Waals surface area contributed by atoms with E-state index in [0.717, 1.165) is 32.8 Å². The van der Waals surface area contributed by atoms with Gasteiger partial charge in [-0.15, -0.1) is 0 Å². The van der Waals surface area contributed by atoms with Gasteiger partial charge in [-0.2, -0.15) is 0 Å². The van der Waals surface area contributed by atoms with Crippen molar-refractivity contribution in [1.82, 2.24) is 4.98 Å². The second-order valence-corrected chi connectivity index (χ2v) is 7.75. The van der Waals surface area contributed by atoms with Crippen LogP contribution >= 0.6 is 7.60 Å². The van der Waals surface area contributed by atoms with E-state index in [0.29, 0.717) is 5.82 Å². The second kappa shape index (κ2) is 6.54. The monoisotopic (exact) mass is 364 g/mol. The number of nitrogens with one attached hydrogen (secondary N) is 1. The van der Waals surface area contributed by atoms with Crippen LogP contribution in [0.1, 0.15) is 0 Å². The Balaban J connectivity index is 1.88. The summed E-state index contributed by atoms with van der Waals surface area (Å²) < 4.78 is 11.1. The van der Waals surface area contributed by atoms with Crippen molar-refractivity contribution in [3.8, 4) is 11.1 Å². The maximum Gasteiger partial charge on any atom is 0.344 e.